The number of halogens is 1. The third kappa shape index (κ3) is 4.16. The molecule has 2 aromatic heterocycles. The number of piperidine rings is 1. The van der Waals surface area contributed by atoms with Crippen LogP contribution in [0.4, 0.5) is 5.95 Å². The number of H-pyrrole nitrogens is 2. The van der Waals surface area contributed by atoms with Crippen molar-refractivity contribution < 1.29 is 0 Å². The lowest BCUT2D eigenvalue weighted by Gasteiger charge is -2.31. The van der Waals surface area contributed by atoms with Gasteiger partial charge in [0.05, 0.1) is 16.4 Å². The number of likely N-dealkylation sites (tertiary alicyclic amines) is 1. The van der Waals surface area contributed by atoms with Crippen molar-refractivity contribution in [1.29, 1.82) is 0 Å². The van der Waals surface area contributed by atoms with Gasteiger partial charge in [0.1, 0.15) is 0 Å². The summed E-state index contributed by atoms with van der Waals surface area (Å²) in [7, 11) is 0. The van der Waals surface area contributed by atoms with Crippen molar-refractivity contribution in [2.45, 2.75) is 25.7 Å². The first-order chi connectivity index (χ1) is 15.1. The molecular formula is C23H25ClN6O. The van der Waals surface area contributed by atoms with Crippen molar-refractivity contribution in [1.82, 2.24) is 25.1 Å². The van der Waals surface area contributed by atoms with Gasteiger partial charge in [-0.05, 0) is 62.7 Å². The van der Waals surface area contributed by atoms with E-state index >= 15 is 0 Å². The van der Waals surface area contributed by atoms with Crippen LogP contribution >= 0.6 is 11.6 Å². The van der Waals surface area contributed by atoms with Crippen molar-refractivity contribution in [3.8, 4) is 0 Å². The number of anilines is 1. The molecule has 5 rings (SSSR count). The molecule has 7 nitrogen and oxygen atoms in total. The maximum atomic E-state index is 12.3. The van der Waals surface area contributed by atoms with Gasteiger partial charge in [-0.15, -0.1) is 0 Å². The molecule has 0 aliphatic carbocycles. The maximum Gasteiger partial charge on any atom is 0.260 e. The van der Waals surface area contributed by atoms with Gasteiger partial charge in [-0.1, -0.05) is 23.7 Å². The number of rotatable bonds is 5. The van der Waals surface area contributed by atoms with Crippen LogP contribution < -0.4 is 10.9 Å². The van der Waals surface area contributed by atoms with Crippen LogP contribution in [-0.2, 0) is 0 Å². The number of nitrogens with one attached hydrogen (secondary N) is 3. The van der Waals surface area contributed by atoms with E-state index in [1.807, 2.05) is 0 Å². The first-order valence-corrected chi connectivity index (χ1v) is 11.0. The summed E-state index contributed by atoms with van der Waals surface area (Å²) >= 11 is 5.97. The van der Waals surface area contributed by atoms with Gasteiger partial charge in [0, 0.05) is 35.1 Å². The fourth-order valence-electron chi connectivity index (χ4n) is 4.43. The number of fused-ring (bicyclic) bond motifs is 2. The summed E-state index contributed by atoms with van der Waals surface area (Å²) in [6.45, 7) is 5.80. The Morgan fingerprint density at radius 2 is 1.97 bits per heavy atom. The Morgan fingerprint density at radius 1 is 1.13 bits per heavy atom. The smallest absolute Gasteiger partial charge is 0.260 e. The van der Waals surface area contributed by atoms with Crippen LogP contribution in [0.2, 0.25) is 5.02 Å². The Morgan fingerprint density at radius 3 is 2.81 bits per heavy atom. The number of aryl methyl sites for hydroxylation is 1. The van der Waals surface area contributed by atoms with Crippen molar-refractivity contribution in [3.63, 3.8) is 0 Å². The number of aromatic nitrogens is 4. The minimum atomic E-state index is -0.183. The van der Waals surface area contributed by atoms with Gasteiger partial charge in [0.2, 0.25) is 5.95 Å². The van der Waals surface area contributed by atoms with Crippen LogP contribution in [0.15, 0.2) is 41.2 Å². The van der Waals surface area contributed by atoms with E-state index in [9.17, 15) is 4.79 Å². The maximum absolute atomic E-state index is 12.3. The highest BCUT2D eigenvalue weighted by Crippen LogP contribution is 2.31. The molecule has 0 saturated carbocycles. The molecular weight excluding hydrogens is 412 g/mol. The van der Waals surface area contributed by atoms with Crippen LogP contribution in [0.3, 0.4) is 0 Å². The molecule has 0 radical (unpaired) electrons. The van der Waals surface area contributed by atoms with E-state index in [2.05, 4.69) is 55.5 Å². The standard InChI is InChI=1S/C23H25ClN6O/c1-14-2-4-17-20(12-14)28-29-21(17)15-6-9-30(10-7-15)11-8-25-23-26-19-5-3-16(24)13-18(19)22(31)27-23/h2-5,12-13,15H,6-11H2,1H3,(H,28,29)(H2,25,26,27,31). The van der Waals surface area contributed by atoms with Crippen molar-refractivity contribution in [3.05, 3.63) is 63.0 Å². The van der Waals surface area contributed by atoms with Crippen molar-refractivity contribution in [2.24, 2.45) is 0 Å². The van der Waals surface area contributed by atoms with Gasteiger partial charge in [-0.3, -0.25) is 14.9 Å². The highest BCUT2D eigenvalue weighted by Gasteiger charge is 2.23. The summed E-state index contributed by atoms with van der Waals surface area (Å²) < 4.78 is 0. The van der Waals surface area contributed by atoms with E-state index in [1.165, 1.54) is 16.6 Å². The summed E-state index contributed by atoms with van der Waals surface area (Å²) in [5.41, 5.74) is 4.02. The highest BCUT2D eigenvalue weighted by atomic mass is 35.5. The van der Waals surface area contributed by atoms with E-state index in [4.69, 9.17) is 11.6 Å². The van der Waals surface area contributed by atoms with E-state index in [0.29, 0.717) is 27.8 Å². The first kappa shape index (κ1) is 20.0. The average Bonchev–Trinajstić information content (AvgIpc) is 3.18. The molecule has 160 valence electrons. The van der Waals surface area contributed by atoms with Gasteiger partial charge in [-0.2, -0.15) is 5.10 Å². The molecule has 0 atom stereocenters. The summed E-state index contributed by atoms with van der Waals surface area (Å²) in [5, 5.41) is 13.3. The summed E-state index contributed by atoms with van der Waals surface area (Å²) in [6.07, 6.45) is 2.22. The zero-order valence-electron chi connectivity index (χ0n) is 17.4. The number of benzene rings is 2. The van der Waals surface area contributed by atoms with Crippen LogP contribution in [0.5, 0.6) is 0 Å². The van der Waals surface area contributed by atoms with Gasteiger partial charge in [0.15, 0.2) is 0 Å². The summed E-state index contributed by atoms with van der Waals surface area (Å²) in [4.78, 5) is 22.0. The fourth-order valence-corrected chi connectivity index (χ4v) is 4.60. The molecule has 1 aliphatic heterocycles. The zero-order valence-corrected chi connectivity index (χ0v) is 18.2. The van der Waals surface area contributed by atoms with E-state index in [1.54, 1.807) is 18.2 Å². The number of nitrogens with zero attached hydrogens (tertiary/aromatic N) is 3. The molecule has 1 fully saturated rings. The van der Waals surface area contributed by atoms with Gasteiger partial charge in [0.25, 0.3) is 5.56 Å². The third-order valence-corrected chi connectivity index (χ3v) is 6.36. The molecule has 0 spiro atoms. The Balaban J connectivity index is 1.16. The highest BCUT2D eigenvalue weighted by molar-refractivity contribution is 6.31. The van der Waals surface area contributed by atoms with Gasteiger partial charge < -0.3 is 10.2 Å². The molecule has 8 heteroatoms. The summed E-state index contributed by atoms with van der Waals surface area (Å²) in [6, 6.07) is 11.6. The fraction of sp³-hybridized carbons (Fsp3) is 0.348. The third-order valence-electron chi connectivity index (χ3n) is 6.12. The first-order valence-electron chi connectivity index (χ1n) is 10.7. The Hall–Kier alpha value is -2.90. The second-order valence-corrected chi connectivity index (χ2v) is 8.71. The lowest BCUT2D eigenvalue weighted by atomic mass is 9.91. The van der Waals surface area contributed by atoms with E-state index in [-0.39, 0.29) is 5.56 Å². The topological polar surface area (TPSA) is 89.7 Å². The van der Waals surface area contributed by atoms with Crippen LogP contribution in [0.1, 0.15) is 30.0 Å². The van der Waals surface area contributed by atoms with Gasteiger partial charge in [-0.25, -0.2) is 4.98 Å². The quantitative estimate of drug-likeness (QED) is 0.439. The Labute approximate surface area is 184 Å². The molecule has 0 bridgehead atoms. The van der Waals surface area contributed by atoms with Gasteiger partial charge >= 0.3 is 0 Å². The molecule has 1 saturated heterocycles. The normalized spacial score (nSPS) is 15.7. The Bertz CT molecular complexity index is 1290. The number of aromatic amines is 2. The molecule has 3 N–H and O–H groups in total. The Kier molecular flexibility index (Phi) is 5.38. The molecule has 31 heavy (non-hydrogen) atoms. The SMILES string of the molecule is Cc1ccc2c(C3CCN(CCNc4nc5ccc(Cl)cc5c(=O)[nH]4)CC3)[nH]nc2c1. The van der Waals surface area contributed by atoms with Crippen LogP contribution in [0, 0.1) is 6.92 Å². The molecule has 3 heterocycles. The van der Waals surface area contributed by atoms with Crippen molar-refractivity contribution >= 4 is 39.4 Å². The van der Waals surface area contributed by atoms with Crippen LogP contribution in [-0.4, -0.2) is 51.2 Å². The molecule has 4 aromatic rings. The van der Waals surface area contributed by atoms with E-state index < -0.39 is 0 Å². The van der Waals surface area contributed by atoms with Crippen molar-refractivity contribution in [2.75, 3.05) is 31.5 Å². The molecule has 0 unspecified atom stereocenters. The number of hydrogen-bond acceptors (Lipinski definition) is 5. The minimum Gasteiger partial charge on any atom is -0.354 e. The number of hydrogen-bond donors (Lipinski definition) is 3. The second-order valence-electron chi connectivity index (χ2n) is 8.28. The molecule has 1 aliphatic rings. The lowest BCUT2D eigenvalue weighted by Crippen LogP contribution is -2.36. The summed E-state index contributed by atoms with van der Waals surface area (Å²) in [5.74, 6) is 1.01. The monoisotopic (exact) mass is 436 g/mol. The molecule has 0 amide bonds. The second kappa shape index (κ2) is 8.32. The minimum absolute atomic E-state index is 0.183. The predicted molar refractivity (Wildman–Crippen MR) is 125 cm³/mol. The van der Waals surface area contributed by atoms with Crippen LogP contribution in [0.25, 0.3) is 21.8 Å². The lowest BCUT2D eigenvalue weighted by molar-refractivity contribution is 0.218. The van der Waals surface area contributed by atoms with E-state index in [0.717, 1.165) is 44.5 Å². The molecule has 2 aromatic carbocycles. The average molecular weight is 437 g/mol. The zero-order chi connectivity index (χ0) is 21.4. The predicted octanol–water partition coefficient (Wildman–Crippen LogP) is 4.05. The largest absolute Gasteiger partial charge is 0.354 e.